The number of carbonyl (C=O) groups excluding carboxylic acids is 4. The Morgan fingerprint density at radius 3 is 2.32 bits per heavy atom. The first-order valence-corrected chi connectivity index (χ1v) is 8.30. The number of carboxylic acid groups (broad SMARTS) is 1. The van der Waals surface area contributed by atoms with Gasteiger partial charge in [0.05, 0.1) is 5.56 Å². The third-order valence-electron chi connectivity index (χ3n) is 3.65. The largest absolute Gasteiger partial charge is 0.480 e. The summed E-state index contributed by atoms with van der Waals surface area (Å²) in [5.74, 6) is -3.81. The summed E-state index contributed by atoms with van der Waals surface area (Å²) in [5.41, 5.74) is 11.3. The molecule has 2 atom stereocenters. The average molecular weight is 393 g/mol. The Morgan fingerprint density at radius 2 is 1.79 bits per heavy atom. The highest BCUT2D eigenvalue weighted by Crippen LogP contribution is 2.18. The van der Waals surface area contributed by atoms with Crippen molar-refractivity contribution in [2.45, 2.75) is 38.8 Å². The highest BCUT2D eigenvalue weighted by molar-refractivity contribution is 6.03. The molecule has 8 N–H and O–H groups in total. The third kappa shape index (κ3) is 6.94. The van der Waals surface area contributed by atoms with Gasteiger partial charge in [-0.25, -0.2) is 4.79 Å². The van der Waals surface area contributed by atoms with Crippen LogP contribution in [0.2, 0.25) is 0 Å². The van der Waals surface area contributed by atoms with E-state index in [0.717, 1.165) is 0 Å². The summed E-state index contributed by atoms with van der Waals surface area (Å²) in [6.45, 7) is 2.66. The smallest absolute Gasteiger partial charge is 0.326 e. The van der Waals surface area contributed by atoms with E-state index in [4.69, 9.17) is 16.6 Å². The maximum atomic E-state index is 12.4. The van der Waals surface area contributed by atoms with Crippen molar-refractivity contribution in [1.82, 2.24) is 10.6 Å². The molecule has 0 saturated carbocycles. The number of aliphatic carboxylic acids is 1. The lowest BCUT2D eigenvalue weighted by Crippen LogP contribution is -2.50. The summed E-state index contributed by atoms with van der Waals surface area (Å²) in [6.07, 6.45) is -0.396. The van der Waals surface area contributed by atoms with Gasteiger partial charge >= 0.3 is 5.97 Å². The summed E-state index contributed by atoms with van der Waals surface area (Å²) in [6, 6.07) is 1.87. The number of rotatable bonds is 9. The monoisotopic (exact) mass is 393 g/mol. The quantitative estimate of drug-likeness (QED) is 0.295. The molecule has 11 heteroatoms. The molecule has 28 heavy (non-hydrogen) atoms. The van der Waals surface area contributed by atoms with Gasteiger partial charge in [-0.1, -0.05) is 0 Å². The SMILES string of the molecule is CC(=O)Nc1ccc(N)c(C(=O)N[C@H](C)C(=O)N[C@@H](CCC(N)=O)C(=O)O)c1. The van der Waals surface area contributed by atoms with E-state index in [1.807, 2.05) is 0 Å². The molecule has 1 rings (SSSR count). The van der Waals surface area contributed by atoms with Gasteiger partial charge < -0.3 is 32.5 Å². The number of nitrogens with one attached hydrogen (secondary N) is 3. The van der Waals surface area contributed by atoms with Gasteiger partial charge in [0.25, 0.3) is 5.91 Å². The first-order chi connectivity index (χ1) is 13.0. The van der Waals surface area contributed by atoms with Crippen LogP contribution >= 0.6 is 0 Å². The number of carboxylic acids is 1. The highest BCUT2D eigenvalue weighted by atomic mass is 16.4. The number of carbonyl (C=O) groups is 5. The van der Waals surface area contributed by atoms with Gasteiger partial charge in [0.1, 0.15) is 12.1 Å². The first kappa shape index (κ1) is 22.4. The number of anilines is 2. The Labute approximate surface area is 160 Å². The van der Waals surface area contributed by atoms with E-state index in [2.05, 4.69) is 16.0 Å². The van der Waals surface area contributed by atoms with Crippen molar-refractivity contribution in [2.75, 3.05) is 11.1 Å². The molecule has 0 unspecified atom stereocenters. The fraction of sp³-hybridized carbons (Fsp3) is 0.353. The predicted molar refractivity (Wildman–Crippen MR) is 100 cm³/mol. The van der Waals surface area contributed by atoms with Crippen LogP contribution < -0.4 is 27.4 Å². The molecule has 0 fully saturated rings. The first-order valence-electron chi connectivity index (χ1n) is 8.30. The summed E-state index contributed by atoms with van der Waals surface area (Å²) in [5, 5.41) is 16.2. The van der Waals surface area contributed by atoms with Crippen molar-refractivity contribution in [1.29, 1.82) is 0 Å². The standard InChI is InChI=1S/C17H23N5O6/c1-8(15(25)22-13(17(27)28)5-6-14(19)24)20-16(26)11-7-10(21-9(2)23)3-4-12(11)18/h3-4,7-8,13H,5-6,18H2,1-2H3,(H2,19,24)(H,20,26)(H,21,23)(H,22,25)(H,27,28)/t8-,13+/m1/s1. The highest BCUT2D eigenvalue weighted by Gasteiger charge is 2.25. The number of hydrogen-bond acceptors (Lipinski definition) is 6. The summed E-state index contributed by atoms with van der Waals surface area (Å²) in [7, 11) is 0. The number of nitrogen functional groups attached to an aromatic ring is 1. The molecular formula is C17H23N5O6. The number of nitrogens with two attached hydrogens (primary N) is 2. The number of primary amides is 1. The molecule has 1 aromatic rings. The Morgan fingerprint density at radius 1 is 1.14 bits per heavy atom. The van der Waals surface area contributed by atoms with Crippen molar-refractivity contribution < 1.29 is 29.1 Å². The summed E-state index contributed by atoms with van der Waals surface area (Å²) in [4.78, 5) is 57.7. The fourth-order valence-electron chi connectivity index (χ4n) is 2.21. The molecule has 0 spiro atoms. The van der Waals surface area contributed by atoms with Crippen LogP contribution in [0.3, 0.4) is 0 Å². The molecule has 1 aromatic carbocycles. The van der Waals surface area contributed by atoms with Crippen LogP contribution in [0.25, 0.3) is 0 Å². The number of benzene rings is 1. The van der Waals surface area contributed by atoms with Crippen molar-refractivity contribution in [2.24, 2.45) is 5.73 Å². The molecule has 152 valence electrons. The number of amides is 4. The maximum absolute atomic E-state index is 12.4. The van der Waals surface area contributed by atoms with Crippen LogP contribution in [0, 0.1) is 0 Å². The molecule has 0 aromatic heterocycles. The molecule has 0 bridgehead atoms. The lowest BCUT2D eigenvalue weighted by atomic mass is 10.1. The van der Waals surface area contributed by atoms with E-state index in [1.165, 1.54) is 32.0 Å². The van der Waals surface area contributed by atoms with Crippen LogP contribution in [0.1, 0.15) is 37.0 Å². The molecule has 0 aliphatic heterocycles. The molecule has 4 amide bonds. The van der Waals surface area contributed by atoms with E-state index in [0.29, 0.717) is 5.69 Å². The fourth-order valence-corrected chi connectivity index (χ4v) is 2.21. The van der Waals surface area contributed by atoms with Gasteiger partial charge in [-0.2, -0.15) is 0 Å². The lowest BCUT2D eigenvalue weighted by Gasteiger charge is -2.19. The number of hydrogen-bond donors (Lipinski definition) is 6. The van der Waals surface area contributed by atoms with Gasteiger partial charge in [-0.05, 0) is 31.5 Å². The second kappa shape index (κ2) is 9.90. The normalized spacial score (nSPS) is 12.4. The molecule has 0 radical (unpaired) electrons. The van der Waals surface area contributed by atoms with E-state index >= 15 is 0 Å². The molecule has 0 saturated heterocycles. The Bertz CT molecular complexity index is 794. The van der Waals surface area contributed by atoms with Crippen LogP contribution in [0.5, 0.6) is 0 Å². The molecule has 0 heterocycles. The zero-order chi connectivity index (χ0) is 21.4. The average Bonchev–Trinajstić information content (AvgIpc) is 2.58. The Hall–Kier alpha value is -3.63. The van der Waals surface area contributed by atoms with Gasteiger partial charge in [0.15, 0.2) is 0 Å². The minimum Gasteiger partial charge on any atom is -0.480 e. The van der Waals surface area contributed by atoms with Crippen LogP contribution in [0.15, 0.2) is 18.2 Å². The van der Waals surface area contributed by atoms with E-state index < -0.39 is 35.8 Å². The predicted octanol–water partition coefficient (Wildman–Crippen LogP) is -0.820. The van der Waals surface area contributed by atoms with Crippen LogP contribution in [-0.2, 0) is 19.2 Å². The molecule has 11 nitrogen and oxygen atoms in total. The van der Waals surface area contributed by atoms with Crippen LogP contribution in [0.4, 0.5) is 11.4 Å². The van der Waals surface area contributed by atoms with Gasteiger partial charge in [0.2, 0.25) is 17.7 Å². The lowest BCUT2D eigenvalue weighted by molar-refractivity contribution is -0.142. The Balaban J connectivity index is 2.80. The van der Waals surface area contributed by atoms with E-state index in [-0.39, 0.29) is 30.0 Å². The van der Waals surface area contributed by atoms with Crippen molar-refractivity contribution in [3.05, 3.63) is 23.8 Å². The summed E-state index contributed by atoms with van der Waals surface area (Å²) < 4.78 is 0. The van der Waals surface area contributed by atoms with Gasteiger partial charge in [0, 0.05) is 24.7 Å². The van der Waals surface area contributed by atoms with Crippen LogP contribution in [-0.4, -0.2) is 46.8 Å². The molecular weight excluding hydrogens is 370 g/mol. The zero-order valence-corrected chi connectivity index (χ0v) is 15.4. The zero-order valence-electron chi connectivity index (χ0n) is 15.4. The van der Waals surface area contributed by atoms with Crippen molar-refractivity contribution in [3.8, 4) is 0 Å². The van der Waals surface area contributed by atoms with Crippen molar-refractivity contribution in [3.63, 3.8) is 0 Å². The molecule has 0 aliphatic carbocycles. The minimum atomic E-state index is -1.33. The third-order valence-corrected chi connectivity index (χ3v) is 3.65. The van der Waals surface area contributed by atoms with E-state index in [9.17, 15) is 24.0 Å². The minimum absolute atomic E-state index is 0.0365. The Kier molecular flexibility index (Phi) is 7.92. The topological polar surface area (TPSA) is 194 Å². The second-order valence-electron chi connectivity index (χ2n) is 6.08. The maximum Gasteiger partial charge on any atom is 0.326 e. The van der Waals surface area contributed by atoms with Gasteiger partial charge in [-0.15, -0.1) is 0 Å². The van der Waals surface area contributed by atoms with Crippen molar-refractivity contribution >= 4 is 41.0 Å². The van der Waals surface area contributed by atoms with E-state index in [1.54, 1.807) is 0 Å². The molecule has 0 aliphatic rings. The second-order valence-corrected chi connectivity index (χ2v) is 6.08. The van der Waals surface area contributed by atoms with Gasteiger partial charge in [-0.3, -0.25) is 19.2 Å². The summed E-state index contributed by atoms with van der Waals surface area (Å²) >= 11 is 0.